The van der Waals surface area contributed by atoms with E-state index in [-0.39, 0.29) is 23.3 Å². The molecule has 4 rings (SSSR count). The zero-order chi connectivity index (χ0) is 21.8. The van der Waals surface area contributed by atoms with Crippen LogP contribution in [0.3, 0.4) is 0 Å². The van der Waals surface area contributed by atoms with Crippen LogP contribution in [0.25, 0.3) is 6.08 Å². The molecule has 1 aliphatic heterocycles. The number of benzene rings is 3. The maximum atomic E-state index is 12.5. The summed E-state index contributed by atoms with van der Waals surface area (Å²) in [6.07, 6.45) is 3.02. The van der Waals surface area contributed by atoms with Gasteiger partial charge in [0.25, 0.3) is 10.0 Å². The summed E-state index contributed by atoms with van der Waals surface area (Å²) in [6, 6.07) is 17.7. The predicted octanol–water partition coefficient (Wildman–Crippen LogP) is 4.52. The lowest BCUT2D eigenvalue weighted by atomic mass is 10.2. The van der Waals surface area contributed by atoms with Crippen molar-refractivity contribution in [1.82, 2.24) is 0 Å². The molecule has 0 fully saturated rings. The van der Waals surface area contributed by atoms with Gasteiger partial charge in [-0.1, -0.05) is 29.8 Å². The third-order valence-corrected chi connectivity index (χ3v) is 6.09. The number of rotatable bonds is 6. The van der Waals surface area contributed by atoms with E-state index >= 15 is 0 Å². The average molecular weight is 457 g/mol. The maximum absolute atomic E-state index is 12.5. The van der Waals surface area contributed by atoms with Crippen LogP contribution in [0.15, 0.2) is 77.7 Å². The normalized spacial score (nSPS) is 12.7. The quantitative estimate of drug-likeness (QED) is 0.532. The van der Waals surface area contributed by atoms with Gasteiger partial charge in [-0.3, -0.25) is 9.52 Å². The molecule has 1 aliphatic rings. The number of para-hydroxylation sites is 1. The molecule has 0 saturated carbocycles. The van der Waals surface area contributed by atoms with Gasteiger partial charge in [0.15, 0.2) is 11.5 Å². The molecule has 1 amide bonds. The Morgan fingerprint density at radius 2 is 1.71 bits per heavy atom. The van der Waals surface area contributed by atoms with Crippen molar-refractivity contribution in [3.63, 3.8) is 0 Å². The van der Waals surface area contributed by atoms with Crippen LogP contribution in [0.1, 0.15) is 5.56 Å². The first kappa shape index (κ1) is 20.8. The molecule has 0 bridgehead atoms. The van der Waals surface area contributed by atoms with Crippen LogP contribution in [-0.2, 0) is 14.8 Å². The van der Waals surface area contributed by atoms with Crippen LogP contribution in [0.4, 0.5) is 11.4 Å². The fourth-order valence-electron chi connectivity index (χ4n) is 2.84. The Labute approximate surface area is 184 Å². The number of carbonyl (C=O) groups is 1. The van der Waals surface area contributed by atoms with Crippen molar-refractivity contribution in [3.05, 3.63) is 83.4 Å². The van der Waals surface area contributed by atoms with E-state index in [1.165, 1.54) is 30.3 Å². The number of halogens is 1. The molecular formula is C22H17ClN2O5S. The van der Waals surface area contributed by atoms with Gasteiger partial charge in [0.1, 0.15) is 0 Å². The number of carbonyl (C=O) groups excluding carboxylic acids is 1. The summed E-state index contributed by atoms with van der Waals surface area (Å²) in [5.74, 6) is 0.938. The van der Waals surface area contributed by atoms with Crippen molar-refractivity contribution in [1.29, 1.82) is 0 Å². The highest BCUT2D eigenvalue weighted by Gasteiger charge is 2.16. The first-order valence-corrected chi connectivity index (χ1v) is 11.0. The van der Waals surface area contributed by atoms with E-state index in [9.17, 15) is 13.2 Å². The Morgan fingerprint density at radius 1 is 0.968 bits per heavy atom. The molecule has 31 heavy (non-hydrogen) atoms. The minimum absolute atomic E-state index is 0.0429. The number of ether oxygens (including phenoxy) is 2. The molecule has 3 aromatic rings. The van der Waals surface area contributed by atoms with Crippen LogP contribution in [0.2, 0.25) is 5.02 Å². The van der Waals surface area contributed by atoms with E-state index in [2.05, 4.69) is 10.0 Å². The molecule has 0 aliphatic carbocycles. The summed E-state index contributed by atoms with van der Waals surface area (Å²) in [5.41, 5.74) is 1.53. The third kappa shape index (κ3) is 4.99. The number of amides is 1. The van der Waals surface area contributed by atoms with Crippen LogP contribution < -0.4 is 19.5 Å². The fraction of sp³-hybridized carbons (Fsp3) is 0.0455. The highest BCUT2D eigenvalue weighted by atomic mass is 35.5. The molecule has 0 atom stereocenters. The lowest BCUT2D eigenvalue weighted by Gasteiger charge is -2.10. The van der Waals surface area contributed by atoms with Gasteiger partial charge in [0.05, 0.1) is 15.6 Å². The molecule has 0 aromatic heterocycles. The highest BCUT2D eigenvalue weighted by molar-refractivity contribution is 7.92. The van der Waals surface area contributed by atoms with Gasteiger partial charge in [-0.2, -0.15) is 0 Å². The SMILES string of the molecule is O=C(/C=C/c1ccc2c(c1)OCO2)Nc1ccc(S(=O)(=O)Nc2ccccc2Cl)cc1. The molecule has 7 nitrogen and oxygen atoms in total. The summed E-state index contributed by atoms with van der Waals surface area (Å²) in [5, 5.41) is 2.98. The largest absolute Gasteiger partial charge is 0.454 e. The van der Waals surface area contributed by atoms with Crippen molar-refractivity contribution in [3.8, 4) is 11.5 Å². The zero-order valence-corrected chi connectivity index (χ0v) is 17.6. The smallest absolute Gasteiger partial charge is 0.261 e. The number of fused-ring (bicyclic) bond motifs is 1. The van der Waals surface area contributed by atoms with E-state index < -0.39 is 10.0 Å². The minimum Gasteiger partial charge on any atom is -0.454 e. The summed E-state index contributed by atoms with van der Waals surface area (Å²) in [4.78, 5) is 12.2. The Kier molecular flexibility index (Phi) is 5.83. The van der Waals surface area contributed by atoms with Crippen molar-refractivity contribution in [2.75, 3.05) is 16.8 Å². The van der Waals surface area contributed by atoms with Crippen LogP contribution in [-0.4, -0.2) is 21.1 Å². The van der Waals surface area contributed by atoms with E-state index in [0.717, 1.165) is 5.56 Å². The number of nitrogens with one attached hydrogen (secondary N) is 2. The molecule has 2 N–H and O–H groups in total. The van der Waals surface area contributed by atoms with Crippen molar-refractivity contribution in [2.24, 2.45) is 0 Å². The van der Waals surface area contributed by atoms with Crippen molar-refractivity contribution >= 4 is 45.0 Å². The second-order valence-electron chi connectivity index (χ2n) is 6.55. The summed E-state index contributed by atoms with van der Waals surface area (Å²) in [7, 11) is -3.82. The maximum Gasteiger partial charge on any atom is 0.261 e. The highest BCUT2D eigenvalue weighted by Crippen LogP contribution is 2.32. The number of sulfonamides is 1. The van der Waals surface area contributed by atoms with Gasteiger partial charge >= 0.3 is 0 Å². The van der Waals surface area contributed by atoms with E-state index in [0.29, 0.717) is 22.2 Å². The van der Waals surface area contributed by atoms with E-state index in [4.69, 9.17) is 21.1 Å². The second kappa shape index (κ2) is 8.71. The van der Waals surface area contributed by atoms with Gasteiger partial charge in [-0.25, -0.2) is 8.42 Å². The van der Waals surface area contributed by atoms with Crippen LogP contribution in [0.5, 0.6) is 11.5 Å². The molecule has 1 heterocycles. The van der Waals surface area contributed by atoms with Crippen LogP contribution in [0, 0.1) is 0 Å². The second-order valence-corrected chi connectivity index (χ2v) is 8.63. The summed E-state index contributed by atoms with van der Waals surface area (Å²) < 4.78 is 38.1. The zero-order valence-electron chi connectivity index (χ0n) is 16.0. The topological polar surface area (TPSA) is 93.7 Å². The minimum atomic E-state index is -3.82. The van der Waals surface area contributed by atoms with E-state index in [1.807, 2.05) is 6.07 Å². The molecule has 3 aromatic carbocycles. The Bertz CT molecular complexity index is 1260. The average Bonchev–Trinajstić information content (AvgIpc) is 3.22. The lowest BCUT2D eigenvalue weighted by Crippen LogP contribution is -2.13. The summed E-state index contributed by atoms with van der Waals surface area (Å²) >= 11 is 6.01. The Morgan fingerprint density at radius 3 is 2.48 bits per heavy atom. The molecule has 0 unspecified atom stereocenters. The van der Waals surface area contributed by atoms with Gasteiger partial charge in [-0.05, 0) is 60.2 Å². The number of anilines is 2. The predicted molar refractivity (Wildman–Crippen MR) is 119 cm³/mol. The molecule has 0 spiro atoms. The lowest BCUT2D eigenvalue weighted by molar-refractivity contribution is -0.111. The summed E-state index contributed by atoms with van der Waals surface area (Å²) in [6.45, 7) is 0.183. The Balaban J connectivity index is 1.40. The van der Waals surface area contributed by atoms with Gasteiger partial charge in [0, 0.05) is 11.8 Å². The molecule has 9 heteroatoms. The van der Waals surface area contributed by atoms with Crippen molar-refractivity contribution in [2.45, 2.75) is 4.90 Å². The first-order valence-electron chi connectivity index (χ1n) is 9.17. The first-order chi connectivity index (χ1) is 14.9. The standard InChI is InChI=1S/C22H17ClN2O5S/c23-18-3-1-2-4-19(18)25-31(27,28)17-9-7-16(8-10-17)24-22(26)12-6-15-5-11-20-21(13-15)30-14-29-20/h1-13,25H,14H2,(H,24,26)/b12-6+. The Hall–Kier alpha value is -3.49. The third-order valence-electron chi connectivity index (χ3n) is 4.37. The number of hydrogen-bond acceptors (Lipinski definition) is 5. The van der Waals surface area contributed by atoms with E-state index in [1.54, 1.807) is 42.5 Å². The number of hydrogen-bond donors (Lipinski definition) is 2. The molecule has 0 radical (unpaired) electrons. The van der Waals surface area contributed by atoms with Gasteiger partial charge in [0.2, 0.25) is 12.7 Å². The van der Waals surface area contributed by atoms with Crippen molar-refractivity contribution < 1.29 is 22.7 Å². The van der Waals surface area contributed by atoms with Crippen LogP contribution >= 0.6 is 11.6 Å². The fourth-order valence-corrected chi connectivity index (χ4v) is 4.16. The van der Waals surface area contributed by atoms with Gasteiger partial charge < -0.3 is 14.8 Å². The molecular weight excluding hydrogens is 440 g/mol. The monoisotopic (exact) mass is 456 g/mol. The molecule has 0 saturated heterocycles. The van der Waals surface area contributed by atoms with Gasteiger partial charge in [-0.15, -0.1) is 0 Å². The molecule has 158 valence electrons.